The van der Waals surface area contributed by atoms with Gasteiger partial charge in [-0.3, -0.25) is 14.3 Å². The summed E-state index contributed by atoms with van der Waals surface area (Å²) in [6.45, 7) is 4.58. The first-order valence-electron chi connectivity index (χ1n) is 9.82. The maximum absolute atomic E-state index is 12.8. The van der Waals surface area contributed by atoms with Gasteiger partial charge < -0.3 is 15.0 Å². The van der Waals surface area contributed by atoms with Crippen LogP contribution in [0.4, 0.5) is 5.69 Å². The number of carbonyl (C=O) groups excluding carboxylic acids is 2. The number of hydrogen-bond donors (Lipinski definition) is 1. The standard InChI is InChI=1S/C23H24N4O3/c1-15-8-10-17(11-9-15)13-27-16(2)12-18(25-27)22(28)24-19-14-30-21-7-5-4-6-20(21)26(3)23(19)29/h4-12,19H,13-14H2,1-3H3,(H,24,28). The number of fused-ring (bicyclic) bond motifs is 1. The molecule has 2 aromatic carbocycles. The lowest BCUT2D eigenvalue weighted by molar-refractivity contribution is -0.120. The van der Waals surface area contributed by atoms with Crippen LogP contribution in [-0.4, -0.2) is 41.3 Å². The first-order valence-corrected chi connectivity index (χ1v) is 9.82. The van der Waals surface area contributed by atoms with Crippen molar-refractivity contribution in [2.45, 2.75) is 26.4 Å². The molecule has 0 saturated carbocycles. The number of para-hydroxylation sites is 2. The quantitative estimate of drug-likeness (QED) is 0.725. The number of ether oxygens (including phenoxy) is 1. The SMILES string of the molecule is Cc1ccc(Cn2nc(C(=O)NC3COc4ccccc4N(C)C3=O)cc2C)cc1. The van der Waals surface area contributed by atoms with Gasteiger partial charge in [0.1, 0.15) is 24.1 Å². The number of anilines is 1. The van der Waals surface area contributed by atoms with Crippen LogP contribution in [0.25, 0.3) is 0 Å². The predicted octanol–water partition coefficient (Wildman–Crippen LogP) is 2.70. The highest BCUT2D eigenvalue weighted by Gasteiger charge is 2.31. The largest absolute Gasteiger partial charge is 0.489 e. The minimum Gasteiger partial charge on any atom is -0.489 e. The van der Waals surface area contributed by atoms with Crippen molar-refractivity contribution in [1.29, 1.82) is 0 Å². The second kappa shape index (κ2) is 8.02. The van der Waals surface area contributed by atoms with Crippen molar-refractivity contribution in [1.82, 2.24) is 15.1 Å². The van der Waals surface area contributed by atoms with Gasteiger partial charge in [0.2, 0.25) is 0 Å². The molecule has 0 radical (unpaired) electrons. The van der Waals surface area contributed by atoms with Crippen molar-refractivity contribution in [2.75, 3.05) is 18.6 Å². The van der Waals surface area contributed by atoms with Gasteiger partial charge >= 0.3 is 0 Å². The molecule has 0 saturated heterocycles. The van der Waals surface area contributed by atoms with E-state index in [1.807, 2.05) is 56.3 Å². The maximum Gasteiger partial charge on any atom is 0.272 e. The van der Waals surface area contributed by atoms with Crippen LogP contribution in [0.3, 0.4) is 0 Å². The van der Waals surface area contributed by atoms with Gasteiger partial charge in [0.05, 0.1) is 12.2 Å². The summed E-state index contributed by atoms with van der Waals surface area (Å²) in [6, 6.07) is 16.4. The fourth-order valence-electron chi connectivity index (χ4n) is 3.44. The predicted molar refractivity (Wildman–Crippen MR) is 114 cm³/mol. The molecule has 1 unspecified atom stereocenters. The Morgan fingerprint density at radius 2 is 1.90 bits per heavy atom. The summed E-state index contributed by atoms with van der Waals surface area (Å²) in [5, 5.41) is 7.21. The number of nitrogens with one attached hydrogen (secondary N) is 1. The Bertz CT molecular complexity index is 1090. The van der Waals surface area contributed by atoms with E-state index in [1.165, 1.54) is 10.5 Å². The van der Waals surface area contributed by atoms with E-state index in [2.05, 4.69) is 10.4 Å². The van der Waals surface area contributed by atoms with Crippen molar-refractivity contribution in [2.24, 2.45) is 0 Å². The van der Waals surface area contributed by atoms with E-state index in [9.17, 15) is 9.59 Å². The molecular formula is C23H24N4O3. The maximum atomic E-state index is 12.8. The summed E-state index contributed by atoms with van der Waals surface area (Å²) in [7, 11) is 1.68. The Morgan fingerprint density at radius 3 is 2.67 bits per heavy atom. The minimum absolute atomic E-state index is 0.0645. The van der Waals surface area contributed by atoms with Crippen LogP contribution in [0.15, 0.2) is 54.6 Å². The lowest BCUT2D eigenvalue weighted by atomic mass is 10.1. The molecule has 7 heteroatoms. The molecule has 30 heavy (non-hydrogen) atoms. The van der Waals surface area contributed by atoms with Crippen LogP contribution >= 0.6 is 0 Å². The van der Waals surface area contributed by atoms with Gasteiger partial charge in [-0.25, -0.2) is 0 Å². The number of aryl methyl sites for hydroxylation is 2. The smallest absolute Gasteiger partial charge is 0.272 e. The van der Waals surface area contributed by atoms with Crippen molar-refractivity contribution < 1.29 is 14.3 Å². The minimum atomic E-state index is -0.794. The summed E-state index contributed by atoms with van der Waals surface area (Å²) in [5.74, 6) is -0.0190. The molecule has 7 nitrogen and oxygen atoms in total. The van der Waals surface area contributed by atoms with Gasteiger partial charge in [-0.05, 0) is 37.6 Å². The zero-order valence-corrected chi connectivity index (χ0v) is 17.3. The molecule has 2 heterocycles. The first kappa shape index (κ1) is 19.7. The van der Waals surface area contributed by atoms with Gasteiger partial charge in [0.25, 0.3) is 11.8 Å². The van der Waals surface area contributed by atoms with Crippen LogP contribution in [0.2, 0.25) is 0 Å². The molecule has 0 bridgehead atoms. The van der Waals surface area contributed by atoms with E-state index >= 15 is 0 Å². The molecule has 0 aliphatic carbocycles. The molecule has 1 N–H and O–H groups in total. The van der Waals surface area contributed by atoms with Crippen LogP contribution < -0.4 is 15.0 Å². The van der Waals surface area contributed by atoms with Crippen LogP contribution in [0.5, 0.6) is 5.75 Å². The Morgan fingerprint density at radius 1 is 1.17 bits per heavy atom. The van der Waals surface area contributed by atoms with E-state index in [1.54, 1.807) is 23.9 Å². The highest BCUT2D eigenvalue weighted by molar-refractivity contribution is 6.02. The van der Waals surface area contributed by atoms with E-state index in [-0.39, 0.29) is 18.2 Å². The Hall–Kier alpha value is -3.61. The zero-order valence-electron chi connectivity index (χ0n) is 17.3. The summed E-state index contributed by atoms with van der Waals surface area (Å²) in [6.07, 6.45) is 0. The molecule has 4 rings (SSSR count). The van der Waals surface area contributed by atoms with Crippen LogP contribution in [0, 0.1) is 13.8 Å². The molecule has 2 amide bonds. The zero-order chi connectivity index (χ0) is 21.3. The normalized spacial score (nSPS) is 15.9. The van der Waals surface area contributed by atoms with Gasteiger partial charge in [-0.2, -0.15) is 5.10 Å². The number of nitrogens with zero attached hydrogens (tertiary/aromatic N) is 3. The Balaban J connectivity index is 1.48. The van der Waals surface area contributed by atoms with Gasteiger partial charge in [-0.15, -0.1) is 0 Å². The van der Waals surface area contributed by atoms with Gasteiger partial charge in [-0.1, -0.05) is 42.0 Å². The van der Waals surface area contributed by atoms with Crippen LogP contribution in [-0.2, 0) is 11.3 Å². The van der Waals surface area contributed by atoms with E-state index < -0.39 is 11.9 Å². The lowest BCUT2D eigenvalue weighted by Gasteiger charge is -2.20. The monoisotopic (exact) mass is 404 g/mol. The molecule has 1 aliphatic rings. The number of amides is 2. The highest BCUT2D eigenvalue weighted by Crippen LogP contribution is 2.29. The van der Waals surface area contributed by atoms with Crippen molar-refractivity contribution in [3.05, 3.63) is 77.1 Å². The second-order valence-electron chi connectivity index (χ2n) is 7.52. The molecule has 1 aromatic heterocycles. The third-order valence-electron chi connectivity index (χ3n) is 5.23. The third kappa shape index (κ3) is 3.91. The first-order chi connectivity index (χ1) is 14.4. The van der Waals surface area contributed by atoms with Crippen LogP contribution in [0.1, 0.15) is 27.3 Å². The number of rotatable bonds is 4. The average molecular weight is 404 g/mol. The summed E-state index contributed by atoms with van der Waals surface area (Å²) in [5.41, 5.74) is 4.12. The second-order valence-corrected chi connectivity index (χ2v) is 7.52. The van der Waals surface area contributed by atoms with Crippen molar-refractivity contribution >= 4 is 17.5 Å². The molecule has 0 fully saturated rings. The molecular weight excluding hydrogens is 380 g/mol. The van der Waals surface area contributed by atoms with Crippen molar-refractivity contribution in [3.63, 3.8) is 0 Å². The van der Waals surface area contributed by atoms with Gasteiger partial charge in [0.15, 0.2) is 0 Å². The Labute approximate surface area is 175 Å². The topological polar surface area (TPSA) is 76.5 Å². The van der Waals surface area contributed by atoms with Gasteiger partial charge in [0, 0.05) is 12.7 Å². The molecule has 154 valence electrons. The van der Waals surface area contributed by atoms with E-state index in [4.69, 9.17) is 4.74 Å². The summed E-state index contributed by atoms with van der Waals surface area (Å²) in [4.78, 5) is 27.1. The molecule has 1 aliphatic heterocycles. The lowest BCUT2D eigenvalue weighted by Crippen LogP contribution is -2.49. The van der Waals surface area contributed by atoms with E-state index in [0.29, 0.717) is 18.0 Å². The number of carbonyl (C=O) groups is 2. The number of hydrogen-bond acceptors (Lipinski definition) is 4. The number of aromatic nitrogens is 2. The van der Waals surface area contributed by atoms with Crippen molar-refractivity contribution in [3.8, 4) is 5.75 Å². The number of benzene rings is 2. The number of likely N-dealkylation sites (N-methyl/N-ethyl adjacent to an activating group) is 1. The molecule has 3 aromatic rings. The Kier molecular flexibility index (Phi) is 5.27. The fraction of sp³-hybridized carbons (Fsp3) is 0.261. The average Bonchev–Trinajstić information content (AvgIpc) is 3.06. The van der Waals surface area contributed by atoms with E-state index in [0.717, 1.165) is 11.3 Å². The molecule has 1 atom stereocenters. The molecule has 0 spiro atoms. The summed E-state index contributed by atoms with van der Waals surface area (Å²) >= 11 is 0. The highest BCUT2D eigenvalue weighted by atomic mass is 16.5. The summed E-state index contributed by atoms with van der Waals surface area (Å²) < 4.78 is 7.54. The third-order valence-corrected chi connectivity index (χ3v) is 5.23. The fourth-order valence-corrected chi connectivity index (χ4v) is 3.44.